The maximum atomic E-state index is 12.3. The SMILES string of the molecule is CCc1ccc(S(=O)(=O)NC[C@@H](O)c2ccc3c(c2)OCCO3)s1. The van der Waals surface area contributed by atoms with E-state index in [9.17, 15) is 13.5 Å². The molecule has 0 fully saturated rings. The second kappa shape index (κ2) is 7.10. The number of fused-ring (bicyclic) bond motifs is 1. The molecule has 6 nitrogen and oxygen atoms in total. The van der Waals surface area contributed by atoms with Crippen LogP contribution in [0.4, 0.5) is 0 Å². The molecule has 1 atom stereocenters. The number of sulfonamides is 1. The third-order valence-electron chi connectivity index (χ3n) is 3.67. The Morgan fingerprint density at radius 1 is 1.21 bits per heavy atom. The first-order chi connectivity index (χ1) is 11.5. The molecule has 2 N–H and O–H groups in total. The third-order valence-corrected chi connectivity index (χ3v) is 6.81. The van der Waals surface area contributed by atoms with Crippen LogP contribution in [0.25, 0.3) is 0 Å². The van der Waals surface area contributed by atoms with Crippen molar-refractivity contribution in [1.82, 2.24) is 4.72 Å². The predicted octanol–water partition coefficient (Wildman–Crippen LogP) is 2.09. The van der Waals surface area contributed by atoms with Gasteiger partial charge < -0.3 is 14.6 Å². The van der Waals surface area contributed by atoms with Gasteiger partial charge in [0.15, 0.2) is 11.5 Å². The van der Waals surface area contributed by atoms with Crippen LogP contribution in [0.15, 0.2) is 34.5 Å². The first-order valence-corrected chi connectivity index (χ1v) is 9.95. The fourth-order valence-electron chi connectivity index (χ4n) is 2.34. The standard InChI is InChI=1S/C16H19NO5S2/c1-2-12-4-6-16(23-12)24(19,20)17-10-13(18)11-3-5-14-15(9-11)22-8-7-21-14/h3-6,9,13,17-18H,2,7-8,10H2,1H3/t13-/m1/s1. The average molecular weight is 369 g/mol. The number of nitrogens with one attached hydrogen (secondary N) is 1. The Morgan fingerprint density at radius 2 is 1.96 bits per heavy atom. The van der Waals surface area contributed by atoms with Crippen LogP contribution in [0, 0.1) is 0 Å². The highest BCUT2D eigenvalue weighted by atomic mass is 32.2. The van der Waals surface area contributed by atoms with E-state index in [1.165, 1.54) is 11.3 Å². The van der Waals surface area contributed by atoms with Crippen molar-refractivity contribution >= 4 is 21.4 Å². The Bertz CT molecular complexity index is 816. The summed E-state index contributed by atoms with van der Waals surface area (Å²) in [6.07, 6.45) is -0.179. The predicted molar refractivity (Wildman–Crippen MR) is 91.3 cm³/mol. The van der Waals surface area contributed by atoms with E-state index in [1.807, 2.05) is 6.92 Å². The lowest BCUT2D eigenvalue weighted by molar-refractivity contribution is 0.165. The lowest BCUT2D eigenvalue weighted by Crippen LogP contribution is -2.28. The number of ether oxygens (including phenoxy) is 2. The molecule has 0 saturated carbocycles. The van der Waals surface area contributed by atoms with Crippen LogP contribution in [0.5, 0.6) is 11.5 Å². The number of aryl methyl sites for hydroxylation is 1. The monoisotopic (exact) mass is 369 g/mol. The molecule has 2 heterocycles. The third kappa shape index (κ3) is 3.72. The molecule has 0 bridgehead atoms. The molecule has 3 rings (SSSR count). The maximum Gasteiger partial charge on any atom is 0.250 e. The van der Waals surface area contributed by atoms with Crippen molar-refractivity contribution < 1.29 is 23.0 Å². The summed E-state index contributed by atoms with van der Waals surface area (Å²) in [5, 5.41) is 10.3. The number of benzene rings is 1. The zero-order valence-corrected chi connectivity index (χ0v) is 14.8. The van der Waals surface area contributed by atoms with Crippen LogP contribution in [-0.4, -0.2) is 33.3 Å². The minimum Gasteiger partial charge on any atom is -0.486 e. The van der Waals surface area contributed by atoms with Gasteiger partial charge in [0.25, 0.3) is 0 Å². The highest BCUT2D eigenvalue weighted by Crippen LogP contribution is 2.32. The highest BCUT2D eigenvalue weighted by molar-refractivity contribution is 7.91. The second-order valence-corrected chi connectivity index (χ2v) is 8.51. The van der Waals surface area contributed by atoms with Gasteiger partial charge in [0.2, 0.25) is 10.0 Å². The van der Waals surface area contributed by atoms with Gasteiger partial charge in [-0.2, -0.15) is 0 Å². The van der Waals surface area contributed by atoms with E-state index in [4.69, 9.17) is 9.47 Å². The molecule has 1 aromatic carbocycles. The van der Waals surface area contributed by atoms with Crippen molar-refractivity contribution in [2.45, 2.75) is 23.7 Å². The van der Waals surface area contributed by atoms with E-state index in [-0.39, 0.29) is 10.8 Å². The van der Waals surface area contributed by atoms with Crippen molar-refractivity contribution in [3.8, 4) is 11.5 Å². The Labute approximate surface area is 145 Å². The molecule has 1 aliphatic rings. The summed E-state index contributed by atoms with van der Waals surface area (Å²) in [6, 6.07) is 8.48. The fraction of sp³-hybridized carbons (Fsp3) is 0.375. The van der Waals surface area contributed by atoms with Crippen molar-refractivity contribution in [3.05, 3.63) is 40.8 Å². The van der Waals surface area contributed by atoms with Crippen molar-refractivity contribution in [2.75, 3.05) is 19.8 Å². The lowest BCUT2D eigenvalue weighted by Gasteiger charge is -2.20. The molecule has 1 aromatic heterocycles. The van der Waals surface area contributed by atoms with E-state index in [0.29, 0.717) is 30.3 Å². The van der Waals surface area contributed by atoms with Gasteiger partial charge in [-0.3, -0.25) is 0 Å². The Kier molecular flexibility index (Phi) is 5.09. The van der Waals surface area contributed by atoms with Gasteiger partial charge in [-0.25, -0.2) is 13.1 Å². The molecule has 0 amide bonds. The van der Waals surface area contributed by atoms with Gasteiger partial charge >= 0.3 is 0 Å². The number of aliphatic hydroxyl groups excluding tert-OH is 1. The first-order valence-electron chi connectivity index (χ1n) is 7.65. The van der Waals surface area contributed by atoms with Gasteiger partial charge in [0, 0.05) is 11.4 Å². The summed E-state index contributed by atoms with van der Waals surface area (Å²) in [5.74, 6) is 1.19. The van der Waals surface area contributed by atoms with Crippen LogP contribution in [0.1, 0.15) is 23.5 Å². The molecular weight excluding hydrogens is 350 g/mol. The van der Waals surface area contributed by atoms with Crippen LogP contribution < -0.4 is 14.2 Å². The number of aliphatic hydroxyl groups is 1. The number of rotatable bonds is 6. The van der Waals surface area contributed by atoms with Crippen molar-refractivity contribution in [1.29, 1.82) is 0 Å². The molecule has 1 aliphatic heterocycles. The van der Waals surface area contributed by atoms with E-state index >= 15 is 0 Å². The fourth-order valence-corrected chi connectivity index (χ4v) is 4.72. The van der Waals surface area contributed by atoms with E-state index < -0.39 is 16.1 Å². The quantitative estimate of drug-likeness (QED) is 0.814. The smallest absolute Gasteiger partial charge is 0.250 e. The number of hydrogen-bond acceptors (Lipinski definition) is 6. The highest BCUT2D eigenvalue weighted by Gasteiger charge is 2.20. The van der Waals surface area contributed by atoms with Crippen molar-refractivity contribution in [3.63, 3.8) is 0 Å². The van der Waals surface area contributed by atoms with Crippen molar-refractivity contribution in [2.24, 2.45) is 0 Å². The number of hydrogen-bond donors (Lipinski definition) is 2. The molecular formula is C16H19NO5S2. The molecule has 130 valence electrons. The summed E-state index contributed by atoms with van der Waals surface area (Å²) in [6.45, 7) is 2.81. The largest absolute Gasteiger partial charge is 0.486 e. The minimum atomic E-state index is -3.62. The molecule has 0 unspecified atom stereocenters. The van der Waals surface area contributed by atoms with E-state index in [2.05, 4.69) is 4.72 Å². The molecule has 24 heavy (non-hydrogen) atoms. The van der Waals surface area contributed by atoms with Crippen LogP contribution in [0.2, 0.25) is 0 Å². The van der Waals surface area contributed by atoms with Gasteiger partial charge in [0.1, 0.15) is 17.4 Å². The summed E-state index contributed by atoms with van der Waals surface area (Å²) in [7, 11) is -3.62. The zero-order chi connectivity index (χ0) is 17.2. The van der Waals surface area contributed by atoms with Crippen LogP contribution >= 0.6 is 11.3 Å². The van der Waals surface area contributed by atoms with Crippen LogP contribution in [-0.2, 0) is 16.4 Å². The van der Waals surface area contributed by atoms with Gasteiger partial charge in [0.05, 0.1) is 6.10 Å². The Hall–Kier alpha value is -1.61. The topological polar surface area (TPSA) is 84.9 Å². The molecule has 8 heteroatoms. The van der Waals surface area contributed by atoms with Gasteiger partial charge in [-0.05, 0) is 36.2 Å². The summed E-state index contributed by atoms with van der Waals surface area (Å²) in [5.41, 5.74) is 0.572. The summed E-state index contributed by atoms with van der Waals surface area (Å²) >= 11 is 1.24. The normalized spacial score (nSPS) is 15.2. The second-order valence-electron chi connectivity index (χ2n) is 5.35. The zero-order valence-electron chi connectivity index (χ0n) is 13.2. The Balaban J connectivity index is 1.67. The minimum absolute atomic E-state index is 0.110. The molecule has 2 aromatic rings. The summed E-state index contributed by atoms with van der Waals surface area (Å²) in [4.78, 5) is 1.00. The molecule has 0 radical (unpaired) electrons. The van der Waals surface area contributed by atoms with Crippen LogP contribution in [0.3, 0.4) is 0 Å². The first kappa shape index (κ1) is 17.2. The van der Waals surface area contributed by atoms with Gasteiger partial charge in [-0.15, -0.1) is 11.3 Å². The lowest BCUT2D eigenvalue weighted by atomic mass is 10.1. The average Bonchev–Trinajstić information content (AvgIpc) is 3.09. The van der Waals surface area contributed by atoms with Gasteiger partial charge in [-0.1, -0.05) is 13.0 Å². The Morgan fingerprint density at radius 3 is 2.67 bits per heavy atom. The summed E-state index contributed by atoms with van der Waals surface area (Å²) < 4.78 is 38.2. The molecule has 0 spiro atoms. The molecule has 0 saturated heterocycles. The van der Waals surface area contributed by atoms with E-state index in [0.717, 1.165) is 11.3 Å². The number of thiophene rings is 1. The van der Waals surface area contributed by atoms with E-state index in [1.54, 1.807) is 30.3 Å². The molecule has 0 aliphatic carbocycles. The maximum absolute atomic E-state index is 12.3.